The summed E-state index contributed by atoms with van der Waals surface area (Å²) in [5.74, 6) is -0.600. The molecule has 0 heterocycles. The maximum Gasteiger partial charge on any atom is 0.305 e. The van der Waals surface area contributed by atoms with Gasteiger partial charge in [-0.15, -0.1) is 0 Å². The lowest BCUT2D eigenvalue weighted by Gasteiger charge is -2.44. The lowest BCUT2D eigenvalue weighted by Crippen LogP contribution is -2.50. The Balaban J connectivity index is 2.61. The second kappa shape index (κ2) is 6.70. The average Bonchev–Trinajstić information content (AvgIpc) is 2.27. The zero-order chi connectivity index (χ0) is 14.5. The lowest BCUT2D eigenvalue weighted by atomic mass is 9.78. The van der Waals surface area contributed by atoms with Crippen molar-refractivity contribution in [2.45, 2.75) is 50.5 Å². The molecule has 0 saturated heterocycles. The molecule has 19 heavy (non-hydrogen) atoms. The van der Waals surface area contributed by atoms with Crippen molar-refractivity contribution < 1.29 is 18.3 Å². The minimum absolute atomic E-state index is 0.155. The second-order valence-electron chi connectivity index (χ2n) is 5.76. The van der Waals surface area contributed by atoms with Crippen LogP contribution in [0.4, 0.5) is 0 Å². The largest absolute Gasteiger partial charge is 0.481 e. The number of carboxylic acids is 1. The molecule has 112 valence electrons. The van der Waals surface area contributed by atoms with Crippen LogP contribution in [-0.2, 0) is 14.6 Å². The Labute approximate surface area is 115 Å². The molecule has 0 amide bonds. The molecule has 0 aromatic carbocycles. The third-order valence-electron chi connectivity index (χ3n) is 4.08. The summed E-state index contributed by atoms with van der Waals surface area (Å²) >= 11 is 0. The maximum absolute atomic E-state index is 11.1. The topological polar surface area (TPSA) is 74.7 Å². The molecule has 6 heteroatoms. The Hall–Kier alpha value is -0.620. The van der Waals surface area contributed by atoms with Gasteiger partial charge in [-0.05, 0) is 32.9 Å². The van der Waals surface area contributed by atoms with Crippen molar-refractivity contribution in [1.29, 1.82) is 0 Å². The van der Waals surface area contributed by atoms with Crippen LogP contribution < -0.4 is 0 Å². The number of nitrogens with zero attached hydrogens (tertiary/aromatic N) is 1. The van der Waals surface area contributed by atoms with Crippen molar-refractivity contribution in [3.8, 4) is 0 Å². The van der Waals surface area contributed by atoms with E-state index in [-0.39, 0.29) is 17.7 Å². The van der Waals surface area contributed by atoms with Gasteiger partial charge in [-0.1, -0.05) is 19.3 Å². The zero-order valence-electron chi connectivity index (χ0n) is 11.9. The summed E-state index contributed by atoms with van der Waals surface area (Å²) in [6.45, 7) is 0.639. The minimum Gasteiger partial charge on any atom is -0.481 e. The van der Waals surface area contributed by atoms with Gasteiger partial charge in [-0.25, -0.2) is 8.42 Å². The third kappa shape index (κ3) is 5.48. The smallest absolute Gasteiger partial charge is 0.305 e. The Morgan fingerprint density at radius 2 is 1.84 bits per heavy atom. The molecule has 0 aromatic heterocycles. The van der Waals surface area contributed by atoms with Crippen LogP contribution in [0, 0.1) is 0 Å². The molecule has 0 atom stereocenters. The van der Waals surface area contributed by atoms with Gasteiger partial charge in [0, 0.05) is 11.8 Å². The van der Waals surface area contributed by atoms with Crippen molar-refractivity contribution in [3.05, 3.63) is 0 Å². The van der Waals surface area contributed by atoms with Gasteiger partial charge < -0.3 is 10.0 Å². The molecule has 0 aliphatic heterocycles. The van der Waals surface area contributed by atoms with Crippen LogP contribution in [0.25, 0.3) is 0 Å². The SMILES string of the molecule is CN(CCCS(C)(=O)=O)C1(CC(=O)O)CCCCC1. The molecule has 0 bridgehead atoms. The molecular weight excluding hydrogens is 266 g/mol. The van der Waals surface area contributed by atoms with E-state index in [2.05, 4.69) is 4.90 Å². The molecule has 1 fully saturated rings. The van der Waals surface area contributed by atoms with Crippen LogP contribution in [0.2, 0.25) is 0 Å². The number of carboxylic acid groups (broad SMARTS) is 1. The first-order chi connectivity index (χ1) is 8.75. The monoisotopic (exact) mass is 291 g/mol. The van der Waals surface area contributed by atoms with Crippen molar-refractivity contribution in [2.75, 3.05) is 25.6 Å². The average molecular weight is 291 g/mol. The highest BCUT2D eigenvalue weighted by molar-refractivity contribution is 7.90. The molecule has 5 nitrogen and oxygen atoms in total. The summed E-state index contributed by atoms with van der Waals surface area (Å²) in [5.41, 5.74) is -0.276. The van der Waals surface area contributed by atoms with Crippen molar-refractivity contribution in [2.24, 2.45) is 0 Å². The summed E-state index contributed by atoms with van der Waals surface area (Å²) in [6, 6.07) is 0. The highest BCUT2D eigenvalue weighted by Gasteiger charge is 2.37. The predicted molar refractivity (Wildman–Crippen MR) is 75.0 cm³/mol. The first-order valence-corrected chi connectivity index (χ1v) is 8.92. The highest BCUT2D eigenvalue weighted by atomic mass is 32.2. The molecule has 1 rings (SSSR count). The second-order valence-corrected chi connectivity index (χ2v) is 8.02. The summed E-state index contributed by atoms with van der Waals surface area (Å²) < 4.78 is 22.3. The predicted octanol–water partition coefficient (Wildman–Crippen LogP) is 1.53. The highest BCUT2D eigenvalue weighted by Crippen LogP contribution is 2.35. The van der Waals surface area contributed by atoms with Gasteiger partial charge >= 0.3 is 5.97 Å². The summed E-state index contributed by atoms with van der Waals surface area (Å²) in [6.07, 6.45) is 7.04. The maximum atomic E-state index is 11.1. The summed E-state index contributed by atoms with van der Waals surface area (Å²) in [5, 5.41) is 9.11. The van der Waals surface area contributed by atoms with E-state index in [1.165, 1.54) is 12.7 Å². The fourth-order valence-corrected chi connectivity index (χ4v) is 3.64. The fraction of sp³-hybridized carbons (Fsp3) is 0.923. The summed E-state index contributed by atoms with van der Waals surface area (Å²) in [7, 11) is -1.01. The van der Waals surface area contributed by atoms with Crippen LogP contribution in [0.1, 0.15) is 44.9 Å². The number of aliphatic carboxylic acids is 1. The molecule has 0 aromatic rings. The molecule has 1 N–H and O–H groups in total. The number of hydrogen-bond donors (Lipinski definition) is 1. The number of sulfone groups is 1. The molecular formula is C13H25NO4S. The van der Waals surface area contributed by atoms with Crippen molar-refractivity contribution in [1.82, 2.24) is 4.90 Å². The van der Waals surface area contributed by atoms with E-state index in [0.717, 1.165) is 25.7 Å². The van der Waals surface area contributed by atoms with Crippen molar-refractivity contribution in [3.63, 3.8) is 0 Å². The van der Waals surface area contributed by atoms with E-state index in [9.17, 15) is 13.2 Å². The standard InChI is InChI=1S/C13H25NO4S/c1-14(9-6-10-19(2,17)18)13(11-12(15)16)7-4-3-5-8-13/h3-11H2,1-2H3,(H,15,16). The fourth-order valence-electron chi connectivity index (χ4n) is 2.99. The Bertz CT molecular complexity index is 399. The lowest BCUT2D eigenvalue weighted by molar-refractivity contribution is -0.141. The molecule has 1 saturated carbocycles. The van der Waals surface area contributed by atoms with Gasteiger partial charge in [0.15, 0.2) is 0 Å². The van der Waals surface area contributed by atoms with E-state index in [1.807, 2.05) is 7.05 Å². The van der Waals surface area contributed by atoms with Gasteiger partial charge in [0.2, 0.25) is 0 Å². The number of rotatable bonds is 7. The summed E-state index contributed by atoms with van der Waals surface area (Å²) in [4.78, 5) is 13.2. The van der Waals surface area contributed by atoms with Gasteiger partial charge in [0.05, 0.1) is 12.2 Å². The van der Waals surface area contributed by atoms with Crippen LogP contribution >= 0.6 is 0 Å². The Morgan fingerprint density at radius 3 is 2.32 bits per heavy atom. The molecule has 0 radical (unpaired) electrons. The normalized spacial score (nSPS) is 19.5. The van der Waals surface area contributed by atoms with E-state index < -0.39 is 15.8 Å². The van der Waals surface area contributed by atoms with Crippen LogP contribution in [0.3, 0.4) is 0 Å². The molecule has 0 spiro atoms. The number of carbonyl (C=O) groups is 1. The molecule has 1 aliphatic rings. The third-order valence-corrected chi connectivity index (χ3v) is 5.11. The van der Waals surface area contributed by atoms with Crippen LogP contribution in [0.5, 0.6) is 0 Å². The molecule has 1 aliphatic carbocycles. The Morgan fingerprint density at radius 1 is 1.26 bits per heavy atom. The quantitative estimate of drug-likeness (QED) is 0.770. The van der Waals surface area contributed by atoms with Gasteiger partial charge in [0.1, 0.15) is 9.84 Å². The van der Waals surface area contributed by atoms with Gasteiger partial charge in [0.25, 0.3) is 0 Å². The number of hydrogen-bond acceptors (Lipinski definition) is 4. The van der Waals surface area contributed by atoms with Gasteiger partial charge in [-0.2, -0.15) is 0 Å². The molecule has 0 unspecified atom stereocenters. The van der Waals surface area contributed by atoms with Crippen LogP contribution in [0.15, 0.2) is 0 Å². The van der Waals surface area contributed by atoms with Gasteiger partial charge in [-0.3, -0.25) is 4.79 Å². The van der Waals surface area contributed by atoms with E-state index in [4.69, 9.17) is 5.11 Å². The van der Waals surface area contributed by atoms with Crippen LogP contribution in [-0.4, -0.2) is 55.5 Å². The van der Waals surface area contributed by atoms with E-state index in [1.54, 1.807) is 0 Å². The van der Waals surface area contributed by atoms with Crippen molar-refractivity contribution >= 4 is 15.8 Å². The minimum atomic E-state index is -2.94. The Kier molecular flexibility index (Phi) is 5.80. The van der Waals surface area contributed by atoms with E-state index >= 15 is 0 Å². The first kappa shape index (κ1) is 16.4. The first-order valence-electron chi connectivity index (χ1n) is 6.86. The van der Waals surface area contributed by atoms with E-state index in [0.29, 0.717) is 13.0 Å². The zero-order valence-corrected chi connectivity index (χ0v) is 12.7.